The SMILES string of the molecule is Cc1cc(F)ccc1CN1CCc2cc(-c3c(CN4CCC(O)CC4)nc(C)c(CC(=O)O)c3N3CCC(C)(C)CC3)ccc2C1. The van der Waals surface area contributed by atoms with E-state index in [0.717, 1.165) is 123 Å². The van der Waals surface area contributed by atoms with E-state index in [9.17, 15) is 19.4 Å². The van der Waals surface area contributed by atoms with Gasteiger partial charge in [0.2, 0.25) is 0 Å². The third-order valence-electron chi connectivity index (χ3n) is 10.5. The Morgan fingerprint density at radius 3 is 2.39 bits per heavy atom. The van der Waals surface area contributed by atoms with Crippen LogP contribution in [0.15, 0.2) is 36.4 Å². The topological polar surface area (TPSA) is 80.1 Å². The molecule has 3 aliphatic rings. The van der Waals surface area contributed by atoms with Crippen LogP contribution >= 0.6 is 0 Å². The number of hydrogen-bond donors (Lipinski definition) is 2. The Bertz CT molecular complexity index is 1590. The highest BCUT2D eigenvalue weighted by Gasteiger charge is 2.32. The fourth-order valence-electron chi connectivity index (χ4n) is 7.52. The zero-order valence-electron chi connectivity index (χ0n) is 27.9. The highest BCUT2D eigenvalue weighted by atomic mass is 19.1. The number of carboxylic acids is 1. The lowest BCUT2D eigenvalue weighted by molar-refractivity contribution is -0.136. The summed E-state index contributed by atoms with van der Waals surface area (Å²) in [4.78, 5) is 24.6. The van der Waals surface area contributed by atoms with Gasteiger partial charge in [-0.25, -0.2) is 4.39 Å². The maximum absolute atomic E-state index is 13.7. The van der Waals surface area contributed by atoms with Crippen LogP contribution in [0.2, 0.25) is 0 Å². The van der Waals surface area contributed by atoms with Gasteiger partial charge in [-0.1, -0.05) is 38.1 Å². The highest BCUT2D eigenvalue weighted by molar-refractivity contribution is 5.87. The number of hydrogen-bond acceptors (Lipinski definition) is 6. The number of benzene rings is 2. The fraction of sp³-hybridized carbons (Fsp3) is 0.526. The Morgan fingerprint density at radius 2 is 1.70 bits per heavy atom. The molecule has 2 N–H and O–H groups in total. The maximum Gasteiger partial charge on any atom is 0.307 e. The molecule has 246 valence electrons. The minimum Gasteiger partial charge on any atom is -0.481 e. The van der Waals surface area contributed by atoms with Crippen LogP contribution in [0.1, 0.15) is 78.7 Å². The lowest BCUT2D eigenvalue weighted by Gasteiger charge is -2.41. The van der Waals surface area contributed by atoms with Crippen molar-refractivity contribution in [3.8, 4) is 11.1 Å². The van der Waals surface area contributed by atoms with Crippen molar-refractivity contribution < 1.29 is 19.4 Å². The number of rotatable bonds is 8. The summed E-state index contributed by atoms with van der Waals surface area (Å²) in [6.45, 7) is 15.2. The van der Waals surface area contributed by atoms with Crippen LogP contribution in [0.5, 0.6) is 0 Å². The van der Waals surface area contributed by atoms with Crippen molar-refractivity contribution in [3.63, 3.8) is 0 Å². The summed E-state index contributed by atoms with van der Waals surface area (Å²) in [6, 6.07) is 11.8. The second-order valence-electron chi connectivity index (χ2n) is 14.6. The molecule has 0 atom stereocenters. The molecule has 0 saturated carbocycles. The molecule has 0 spiro atoms. The summed E-state index contributed by atoms with van der Waals surface area (Å²) in [5.74, 6) is -1.03. The molecule has 8 heteroatoms. The zero-order valence-corrected chi connectivity index (χ0v) is 27.9. The van der Waals surface area contributed by atoms with Crippen molar-refractivity contribution in [2.75, 3.05) is 37.6 Å². The van der Waals surface area contributed by atoms with Crippen molar-refractivity contribution in [2.24, 2.45) is 5.41 Å². The minimum atomic E-state index is -0.839. The first-order valence-corrected chi connectivity index (χ1v) is 16.9. The Balaban J connectivity index is 1.39. The largest absolute Gasteiger partial charge is 0.481 e. The molecule has 7 nitrogen and oxygen atoms in total. The smallest absolute Gasteiger partial charge is 0.307 e. The molecule has 2 fully saturated rings. The number of carboxylic acid groups (broad SMARTS) is 1. The number of piperidine rings is 2. The molecule has 0 aliphatic carbocycles. The van der Waals surface area contributed by atoms with Gasteiger partial charge in [0, 0.05) is 69.2 Å². The van der Waals surface area contributed by atoms with Crippen LogP contribution in [0.3, 0.4) is 0 Å². The number of likely N-dealkylation sites (tertiary alicyclic amines) is 1. The second kappa shape index (κ2) is 13.4. The maximum atomic E-state index is 13.7. The number of carbonyl (C=O) groups is 1. The van der Waals surface area contributed by atoms with Crippen molar-refractivity contribution in [3.05, 3.63) is 81.4 Å². The quantitative estimate of drug-likeness (QED) is 0.304. The van der Waals surface area contributed by atoms with Crippen LogP contribution in [-0.2, 0) is 37.3 Å². The number of aliphatic hydroxyl groups is 1. The zero-order chi connectivity index (χ0) is 32.6. The average Bonchev–Trinajstić information content (AvgIpc) is 3.00. The van der Waals surface area contributed by atoms with E-state index < -0.39 is 5.97 Å². The minimum absolute atomic E-state index is 0.0556. The predicted octanol–water partition coefficient (Wildman–Crippen LogP) is 6.27. The van der Waals surface area contributed by atoms with Gasteiger partial charge >= 0.3 is 5.97 Å². The van der Waals surface area contributed by atoms with Crippen molar-refractivity contribution >= 4 is 11.7 Å². The molecule has 0 amide bonds. The van der Waals surface area contributed by atoms with E-state index in [2.05, 4.69) is 46.7 Å². The number of aliphatic hydroxyl groups excluding tert-OH is 1. The summed E-state index contributed by atoms with van der Waals surface area (Å²) < 4.78 is 13.7. The number of pyridine rings is 1. The van der Waals surface area contributed by atoms with Gasteiger partial charge in [0.15, 0.2) is 0 Å². The van der Waals surface area contributed by atoms with E-state index in [1.807, 2.05) is 19.9 Å². The summed E-state index contributed by atoms with van der Waals surface area (Å²) >= 11 is 0. The first kappa shape index (κ1) is 32.6. The number of nitrogens with zero attached hydrogens (tertiary/aromatic N) is 4. The van der Waals surface area contributed by atoms with Crippen molar-refractivity contribution in [1.29, 1.82) is 0 Å². The third-order valence-corrected chi connectivity index (χ3v) is 10.5. The molecule has 3 aromatic rings. The first-order valence-electron chi connectivity index (χ1n) is 16.9. The number of fused-ring (bicyclic) bond motifs is 1. The second-order valence-corrected chi connectivity index (χ2v) is 14.6. The summed E-state index contributed by atoms with van der Waals surface area (Å²) in [5, 5.41) is 20.2. The molecule has 1 aromatic heterocycles. The number of halogens is 1. The Morgan fingerprint density at radius 1 is 0.957 bits per heavy atom. The number of aromatic nitrogens is 1. The van der Waals surface area contributed by atoms with E-state index in [1.165, 1.54) is 11.1 Å². The molecule has 6 rings (SSSR count). The van der Waals surface area contributed by atoms with Gasteiger partial charge in [0.1, 0.15) is 5.82 Å². The molecule has 0 radical (unpaired) electrons. The Kier molecular flexibility index (Phi) is 9.51. The van der Waals surface area contributed by atoms with Crippen LogP contribution < -0.4 is 4.90 Å². The lowest BCUT2D eigenvalue weighted by Crippen LogP contribution is -2.39. The molecule has 2 saturated heterocycles. The molecule has 0 bridgehead atoms. The monoisotopic (exact) mass is 628 g/mol. The normalized spacial score (nSPS) is 19.3. The van der Waals surface area contributed by atoms with Gasteiger partial charge in [0.25, 0.3) is 0 Å². The molecule has 3 aliphatic heterocycles. The van der Waals surface area contributed by atoms with Gasteiger partial charge < -0.3 is 15.1 Å². The predicted molar refractivity (Wildman–Crippen MR) is 180 cm³/mol. The Hall–Kier alpha value is -3.33. The van der Waals surface area contributed by atoms with Gasteiger partial charge in [-0.05, 0) is 91.3 Å². The number of aryl methyl sites for hydroxylation is 2. The number of anilines is 1. The van der Waals surface area contributed by atoms with Gasteiger partial charge in [-0.2, -0.15) is 0 Å². The molecule has 4 heterocycles. The average molecular weight is 629 g/mol. The Labute approximate surface area is 273 Å². The van der Waals surface area contributed by atoms with E-state index in [-0.39, 0.29) is 23.8 Å². The van der Waals surface area contributed by atoms with Crippen LogP contribution in [0.25, 0.3) is 11.1 Å². The van der Waals surface area contributed by atoms with Crippen LogP contribution in [0, 0.1) is 25.1 Å². The fourth-order valence-corrected chi connectivity index (χ4v) is 7.52. The van der Waals surface area contributed by atoms with Gasteiger partial charge in [-0.15, -0.1) is 0 Å². The molecule has 46 heavy (non-hydrogen) atoms. The van der Waals surface area contributed by atoms with Crippen molar-refractivity contribution in [1.82, 2.24) is 14.8 Å². The highest BCUT2D eigenvalue weighted by Crippen LogP contribution is 2.43. The molecular weight excluding hydrogens is 579 g/mol. The third kappa shape index (κ3) is 7.29. The van der Waals surface area contributed by atoms with E-state index >= 15 is 0 Å². The molecular formula is C38H49FN4O3. The van der Waals surface area contributed by atoms with Crippen LogP contribution in [0.4, 0.5) is 10.1 Å². The van der Waals surface area contributed by atoms with Gasteiger partial charge in [-0.3, -0.25) is 19.6 Å². The van der Waals surface area contributed by atoms with Crippen molar-refractivity contribution in [2.45, 2.75) is 92.0 Å². The van der Waals surface area contributed by atoms with E-state index in [0.29, 0.717) is 6.54 Å². The van der Waals surface area contributed by atoms with Gasteiger partial charge in [0.05, 0.1) is 23.9 Å². The van der Waals surface area contributed by atoms with E-state index in [1.54, 1.807) is 12.1 Å². The first-order chi connectivity index (χ1) is 22.0. The lowest BCUT2D eigenvalue weighted by atomic mass is 9.81. The summed E-state index contributed by atoms with van der Waals surface area (Å²) in [7, 11) is 0. The molecule has 2 aromatic carbocycles. The standard InChI is InChI=1S/C38H49FN4O3/c1-25-19-31(39)8-7-29(25)22-42-14-9-27-20-28(5-6-30(27)23-42)36-34(24-41-15-10-32(44)11-16-41)40-26(2)33(21-35(45)46)37(36)43-17-12-38(3,4)13-18-43/h5-8,19-20,32,44H,9-18,21-24H2,1-4H3,(H,45,46). The number of aliphatic carboxylic acids is 1. The summed E-state index contributed by atoms with van der Waals surface area (Å²) in [5.41, 5.74) is 10.8. The molecule has 0 unspecified atom stereocenters. The van der Waals surface area contributed by atoms with Crippen LogP contribution in [-0.4, -0.2) is 69.8 Å². The van der Waals surface area contributed by atoms with E-state index in [4.69, 9.17) is 4.98 Å². The summed E-state index contributed by atoms with van der Waals surface area (Å²) in [6.07, 6.45) is 4.22.